The Morgan fingerprint density at radius 3 is 2.90 bits per heavy atom. The highest BCUT2D eigenvalue weighted by molar-refractivity contribution is 6.35. The lowest BCUT2D eigenvalue weighted by Crippen LogP contribution is -2.39. The first kappa shape index (κ1) is 15.4. The van der Waals surface area contributed by atoms with Gasteiger partial charge in [0.05, 0.1) is 18.2 Å². The van der Waals surface area contributed by atoms with Gasteiger partial charge in [0.2, 0.25) is 5.91 Å². The maximum absolute atomic E-state index is 11.7. The van der Waals surface area contributed by atoms with Crippen molar-refractivity contribution in [2.24, 2.45) is 0 Å². The lowest BCUT2D eigenvalue weighted by Gasteiger charge is -2.27. The zero-order valence-corrected chi connectivity index (χ0v) is 13.0. The Labute approximate surface area is 128 Å². The van der Waals surface area contributed by atoms with Crippen LogP contribution in [0.4, 0.5) is 0 Å². The summed E-state index contributed by atoms with van der Waals surface area (Å²) < 4.78 is 5.58. The fourth-order valence-corrected chi connectivity index (χ4v) is 2.79. The summed E-state index contributed by atoms with van der Waals surface area (Å²) in [5, 5.41) is 7.14. The van der Waals surface area contributed by atoms with E-state index in [1.165, 1.54) is 0 Å². The van der Waals surface area contributed by atoms with E-state index in [0.29, 0.717) is 22.4 Å². The van der Waals surface area contributed by atoms with Gasteiger partial charge >= 0.3 is 0 Å². The highest BCUT2D eigenvalue weighted by atomic mass is 35.5. The maximum Gasteiger partial charge on any atom is 0.234 e. The van der Waals surface area contributed by atoms with Crippen LogP contribution in [-0.2, 0) is 4.79 Å². The lowest BCUT2D eigenvalue weighted by molar-refractivity contribution is -0.120. The summed E-state index contributed by atoms with van der Waals surface area (Å²) in [7, 11) is 0. The summed E-state index contributed by atoms with van der Waals surface area (Å²) in [6.45, 7) is 4.69. The average molecular weight is 317 g/mol. The van der Waals surface area contributed by atoms with Gasteiger partial charge in [0.15, 0.2) is 0 Å². The molecule has 1 aromatic carbocycles. The van der Waals surface area contributed by atoms with Crippen molar-refractivity contribution in [2.45, 2.75) is 32.4 Å². The van der Waals surface area contributed by atoms with Crippen molar-refractivity contribution in [3.8, 4) is 5.75 Å². The Bertz CT molecular complexity index is 506. The van der Waals surface area contributed by atoms with Crippen LogP contribution in [0.2, 0.25) is 10.0 Å². The van der Waals surface area contributed by atoms with Crippen LogP contribution >= 0.6 is 23.2 Å². The molecule has 1 aliphatic heterocycles. The van der Waals surface area contributed by atoms with Crippen LogP contribution in [0.25, 0.3) is 0 Å². The van der Waals surface area contributed by atoms with E-state index in [9.17, 15) is 4.79 Å². The first-order valence-electron chi connectivity index (χ1n) is 6.62. The lowest BCUT2D eigenvalue weighted by atomic mass is 10.0. The van der Waals surface area contributed by atoms with Gasteiger partial charge in [-0.05, 0) is 26.0 Å². The molecular formula is C14H18Cl2N2O2. The molecule has 6 heteroatoms. The molecule has 1 aromatic rings. The molecule has 1 unspecified atom stereocenters. The van der Waals surface area contributed by atoms with Gasteiger partial charge in [-0.2, -0.15) is 0 Å². The van der Waals surface area contributed by atoms with Crippen LogP contribution < -0.4 is 15.4 Å². The normalized spacial score (nSPS) is 17.6. The molecule has 0 radical (unpaired) electrons. The number of carbonyl (C=O) groups is 1. The van der Waals surface area contributed by atoms with Crippen LogP contribution in [-0.4, -0.2) is 25.1 Å². The molecule has 1 heterocycles. The van der Waals surface area contributed by atoms with Gasteiger partial charge in [-0.1, -0.05) is 23.2 Å². The monoisotopic (exact) mass is 316 g/mol. The molecule has 0 bridgehead atoms. The average Bonchev–Trinajstić information content (AvgIpc) is 2.35. The quantitative estimate of drug-likeness (QED) is 0.898. The molecule has 4 nitrogen and oxygen atoms in total. The molecular weight excluding hydrogens is 299 g/mol. The number of ether oxygens (including phenoxy) is 1. The van der Waals surface area contributed by atoms with Gasteiger partial charge in [0.25, 0.3) is 0 Å². The maximum atomic E-state index is 11.7. The molecule has 0 saturated heterocycles. The summed E-state index contributed by atoms with van der Waals surface area (Å²) in [6, 6.07) is 3.65. The van der Waals surface area contributed by atoms with Crippen LogP contribution in [0.3, 0.4) is 0 Å². The summed E-state index contributed by atoms with van der Waals surface area (Å²) in [5.41, 5.74) is 0.908. The van der Waals surface area contributed by atoms with Gasteiger partial charge in [-0.15, -0.1) is 0 Å². The van der Waals surface area contributed by atoms with Crippen molar-refractivity contribution in [1.29, 1.82) is 0 Å². The van der Waals surface area contributed by atoms with Crippen LogP contribution in [0.15, 0.2) is 12.1 Å². The van der Waals surface area contributed by atoms with E-state index in [-0.39, 0.29) is 24.5 Å². The number of rotatable bonds is 4. The molecule has 20 heavy (non-hydrogen) atoms. The number of amides is 1. The first-order chi connectivity index (χ1) is 9.47. The predicted octanol–water partition coefficient (Wildman–Crippen LogP) is 2.93. The van der Waals surface area contributed by atoms with E-state index < -0.39 is 0 Å². The Kier molecular flexibility index (Phi) is 5.13. The second kappa shape index (κ2) is 6.66. The summed E-state index contributed by atoms with van der Waals surface area (Å²) in [5.74, 6) is 0.630. The van der Waals surface area contributed by atoms with Gasteiger partial charge < -0.3 is 15.4 Å². The molecule has 0 aromatic heterocycles. The van der Waals surface area contributed by atoms with E-state index in [0.717, 1.165) is 12.0 Å². The second-order valence-corrected chi connectivity index (χ2v) is 5.94. The van der Waals surface area contributed by atoms with E-state index in [2.05, 4.69) is 10.6 Å². The largest absolute Gasteiger partial charge is 0.492 e. The minimum atomic E-state index is -0.0267. The minimum Gasteiger partial charge on any atom is -0.492 e. The number of fused-ring (bicyclic) bond motifs is 1. The van der Waals surface area contributed by atoms with E-state index >= 15 is 0 Å². The Hall–Kier alpha value is -0.970. The zero-order valence-electron chi connectivity index (χ0n) is 11.5. The third-order valence-corrected chi connectivity index (χ3v) is 3.52. The number of hydrogen-bond acceptors (Lipinski definition) is 3. The minimum absolute atomic E-state index is 0.0212. The first-order valence-corrected chi connectivity index (χ1v) is 7.37. The Morgan fingerprint density at radius 2 is 2.20 bits per heavy atom. The van der Waals surface area contributed by atoms with Crippen molar-refractivity contribution in [3.63, 3.8) is 0 Å². The van der Waals surface area contributed by atoms with E-state index in [1.807, 2.05) is 19.9 Å². The smallest absolute Gasteiger partial charge is 0.234 e. The van der Waals surface area contributed by atoms with Gasteiger partial charge in [-0.25, -0.2) is 0 Å². The summed E-state index contributed by atoms with van der Waals surface area (Å²) in [6.07, 6.45) is 0.776. The van der Waals surface area contributed by atoms with Crippen molar-refractivity contribution in [3.05, 3.63) is 27.7 Å². The third kappa shape index (κ3) is 3.78. The number of nitrogens with one attached hydrogen (secondary N) is 2. The van der Waals surface area contributed by atoms with Crippen LogP contribution in [0.5, 0.6) is 5.75 Å². The molecule has 2 N–H and O–H groups in total. The van der Waals surface area contributed by atoms with Crippen molar-refractivity contribution in [2.75, 3.05) is 13.2 Å². The topological polar surface area (TPSA) is 50.4 Å². The highest BCUT2D eigenvalue weighted by Gasteiger charge is 2.24. The molecule has 1 amide bonds. The number of halogens is 2. The van der Waals surface area contributed by atoms with E-state index in [1.54, 1.807) is 6.07 Å². The molecule has 1 atom stereocenters. The molecule has 2 rings (SSSR count). The molecule has 0 saturated carbocycles. The van der Waals surface area contributed by atoms with Crippen LogP contribution in [0.1, 0.15) is 31.9 Å². The SMILES string of the molecule is CC(C)NC(=O)CNC1CCOc2c(Cl)cc(Cl)cc21. The van der Waals surface area contributed by atoms with Gasteiger partial charge in [0.1, 0.15) is 5.75 Å². The number of carbonyl (C=O) groups excluding carboxylic acids is 1. The fourth-order valence-electron chi connectivity index (χ4n) is 2.23. The second-order valence-electron chi connectivity index (χ2n) is 5.10. The van der Waals surface area contributed by atoms with Crippen molar-refractivity contribution >= 4 is 29.1 Å². The van der Waals surface area contributed by atoms with Gasteiger partial charge in [-0.3, -0.25) is 4.79 Å². The van der Waals surface area contributed by atoms with Crippen molar-refractivity contribution < 1.29 is 9.53 Å². The molecule has 0 aliphatic carbocycles. The predicted molar refractivity (Wildman–Crippen MR) is 80.6 cm³/mol. The fraction of sp³-hybridized carbons (Fsp3) is 0.500. The number of hydrogen-bond donors (Lipinski definition) is 2. The Morgan fingerprint density at radius 1 is 1.45 bits per heavy atom. The third-order valence-electron chi connectivity index (χ3n) is 3.02. The molecule has 110 valence electrons. The zero-order chi connectivity index (χ0) is 14.7. The van der Waals surface area contributed by atoms with Crippen molar-refractivity contribution in [1.82, 2.24) is 10.6 Å². The van der Waals surface area contributed by atoms with Crippen LogP contribution in [0, 0.1) is 0 Å². The standard InChI is InChI=1S/C14H18Cl2N2O2/c1-8(2)18-13(19)7-17-12-3-4-20-14-10(12)5-9(15)6-11(14)16/h5-6,8,12,17H,3-4,7H2,1-2H3,(H,18,19). The summed E-state index contributed by atoms with van der Waals surface area (Å²) in [4.78, 5) is 11.7. The van der Waals surface area contributed by atoms with Gasteiger partial charge in [0, 0.05) is 29.1 Å². The molecule has 1 aliphatic rings. The Balaban J connectivity index is 2.07. The summed E-state index contributed by atoms with van der Waals surface area (Å²) >= 11 is 12.2. The molecule has 0 spiro atoms. The molecule has 0 fully saturated rings. The highest BCUT2D eigenvalue weighted by Crippen LogP contribution is 2.39. The van der Waals surface area contributed by atoms with E-state index in [4.69, 9.17) is 27.9 Å². The number of benzene rings is 1.